The molecule has 0 saturated heterocycles. The molecule has 1 aliphatic rings. The van der Waals surface area contributed by atoms with Gasteiger partial charge in [0.15, 0.2) is 0 Å². The molecule has 1 heteroatoms. The van der Waals surface area contributed by atoms with Crippen LogP contribution in [0.15, 0.2) is 17.7 Å². The summed E-state index contributed by atoms with van der Waals surface area (Å²) in [5, 5.41) is 0. The summed E-state index contributed by atoms with van der Waals surface area (Å²) >= 11 is 0. The summed E-state index contributed by atoms with van der Waals surface area (Å²) in [5.74, 6) is 0. The Morgan fingerprint density at radius 1 is 1.42 bits per heavy atom. The van der Waals surface area contributed by atoms with Gasteiger partial charge in [-0.1, -0.05) is 26.2 Å². The van der Waals surface area contributed by atoms with Crippen molar-refractivity contribution >= 4 is 0 Å². The van der Waals surface area contributed by atoms with Gasteiger partial charge in [0.1, 0.15) is 0 Å². The van der Waals surface area contributed by atoms with Gasteiger partial charge in [-0.05, 0) is 0 Å². The topological polar surface area (TPSA) is 0 Å². The van der Waals surface area contributed by atoms with Crippen LogP contribution in [0.2, 0.25) is 0 Å². The Kier molecular flexibility index (Phi) is 17.2. The van der Waals surface area contributed by atoms with Gasteiger partial charge in [-0.25, -0.2) is 11.6 Å². The first-order chi connectivity index (χ1) is 4.43. The van der Waals surface area contributed by atoms with Crippen molar-refractivity contribution in [1.29, 1.82) is 0 Å². The molecule has 0 fully saturated rings. The van der Waals surface area contributed by atoms with Crippen molar-refractivity contribution in [2.75, 3.05) is 0 Å². The maximum absolute atomic E-state index is 3.30. The Morgan fingerprint density at radius 3 is 2.50 bits per heavy atom. The molecule has 0 N–H and O–H groups in total. The zero-order chi connectivity index (χ0) is 6.53. The van der Waals surface area contributed by atoms with Gasteiger partial charge in [-0.2, -0.15) is 6.08 Å². The molecule has 1 rings (SSSR count). The second-order valence-corrected chi connectivity index (χ2v) is 2.41. The quantitative estimate of drug-likeness (QED) is 0.546. The summed E-state index contributed by atoms with van der Waals surface area (Å²) in [6, 6.07) is 0. The molecular formula is C11H19Hf-3. The predicted molar refractivity (Wildman–Crippen MR) is 52.9 cm³/mol. The maximum atomic E-state index is 3.30. The second kappa shape index (κ2) is 11.4. The van der Waals surface area contributed by atoms with Gasteiger partial charge in [0.2, 0.25) is 0 Å². The van der Waals surface area contributed by atoms with E-state index in [1.165, 1.54) is 24.8 Å². The fourth-order valence-electron chi connectivity index (χ4n) is 0.989. The average Bonchev–Trinajstić information content (AvgIpc) is 2.34. The van der Waals surface area contributed by atoms with Crippen LogP contribution in [0.4, 0.5) is 0 Å². The third-order valence-corrected chi connectivity index (χ3v) is 1.57. The van der Waals surface area contributed by atoms with E-state index in [9.17, 15) is 0 Å². The molecule has 0 heterocycles. The number of unbranched alkanes of at least 4 members (excludes halogenated alkanes) is 1. The minimum Gasteiger partial charge on any atom is -0.358 e. The zero-order valence-corrected chi connectivity index (χ0v) is 12.1. The van der Waals surface area contributed by atoms with Crippen LogP contribution in [-0.2, 0) is 25.8 Å². The molecule has 1 aliphatic carbocycles. The molecule has 0 aromatic rings. The molecule has 0 spiro atoms. The largest absolute Gasteiger partial charge is 0.358 e. The molecule has 0 aliphatic heterocycles. The third-order valence-electron chi connectivity index (χ3n) is 1.57. The Bertz CT molecular complexity index is 134. The standard InChI is InChI=1S/C9H13.2CH3.Hf/c1-2-3-6-9-7-4-5-8-9;;;/h4,7H,2-3,5-6H2,1H3;2*1H3;/q3*-1;. The molecule has 12 heavy (non-hydrogen) atoms. The van der Waals surface area contributed by atoms with Crippen molar-refractivity contribution in [2.45, 2.75) is 32.6 Å². The minimum absolute atomic E-state index is 0. The number of hydrogen-bond acceptors (Lipinski definition) is 0. The van der Waals surface area contributed by atoms with E-state index in [0.717, 1.165) is 6.42 Å². The minimum atomic E-state index is 0. The van der Waals surface area contributed by atoms with Gasteiger partial charge in [0.25, 0.3) is 0 Å². The van der Waals surface area contributed by atoms with E-state index in [0.29, 0.717) is 0 Å². The van der Waals surface area contributed by atoms with Crippen LogP contribution in [0.5, 0.6) is 0 Å². The van der Waals surface area contributed by atoms with Crippen LogP contribution < -0.4 is 0 Å². The van der Waals surface area contributed by atoms with Gasteiger partial charge >= 0.3 is 0 Å². The molecule has 0 saturated carbocycles. The summed E-state index contributed by atoms with van der Waals surface area (Å²) in [7, 11) is 0. The summed E-state index contributed by atoms with van der Waals surface area (Å²) in [6.07, 6.45) is 12.5. The van der Waals surface area contributed by atoms with Crippen LogP contribution in [0.25, 0.3) is 0 Å². The van der Waals surface area contributed by atoms with Gasteiger partial charge in [0.05, 0.1) is 0 Å². The number of rotatable bonds is 3. The molecule has 0 radical (unpaired) electrons. The molecule has 0 nitrogen and oxygen atoms in total. The van der Waals surface area contributed by atoms with Gasteiger partial charge < -0.3 is 14.9 Å². The van der Waals surface area contributed by atoms with Crippen LogP contribution in [0.3, 0.4) is 0 Å². The van der Waals surface area contributed by atoms with E-state index in [4.69, 9.17) is 0 Å². The number of allylic oxidation sites excluding steroid dienone is 4. The smallest absolute Gasteiger partial charge is 0 e. The Labute approximate surface area is 96.9 Å². The van der Waals surface area contributed by atoms with E-state index in [2.05, 4.69) is 25.2 Å². The van der Waals surface area contributed by atoms with Crippen LogP contribution in [0.1, 0.15) is 32.6 Å². The van der Waals surface area contributed by atoms with Gasteiger partial charge in [0, 0.05) is 25.8 Å². The van der Waals surface area contributed by atoms with Crippen molar-refractivity contribution in [3.63, 3.8) is 0 Å². The first kappa shape index (κ1) is 18.2. The summed E-state index contributed by atoms with van der Waals surface area (Å²) < 4.78 is 0. The molecule has 70 valence electrons. The first-order valence-electron chi connectivity index (χ1n) is 3.69. The Hall–Kier alpha value is 0.350. The summed E-state index contributed by atoms with van der Waals surface area (Å²) in [4.78, 5) is 0. The second-order valence-electron chi connectivity index (χ2n) is 2.41. The molecule has 0 aromatic carbocycles. The number of hydrogen-bond donors (Lipinski definition) is 0. The average molecular weight is 330 g/mol. The predicted octanol–water partition coefficient (Wildman–Crippen LogP) is 3.76. The third kappa shape index (κ3) is 7.02. The fourth-order valence-corrected chi connectivity index (χ4v) is 0.989. The van der Waals surface area contributed by atoms with Crippen molar-refractivity contribution < 1.29 is 25.8 Å². The van der Waals surface area contributed by atoms with E-state index < -0.39 is 0 Å². The van der Waals surface area contributed by atoms with Crippen molar-refractivity contribution in [1.82, 2.24) is 0 Å². The molecular weight excluding hydrogens is 311 g/mol. The summed E-state index contributed by atoms with van der Waals surface area (Å²) in [5.41, 5.74) is 1.41. The first-order valence-corrected chi connectivity index (χ1v) is 3.69. The Morgan fingerprint density at radius 2 is 2.08 bits per heavy atom. The molecule has 0 atom stereocenters. The van der Waals surface area contributed by atoms with E-state index in [-0.39, 0.29) is 40.7 Å². The SMILES string of the molecule is CCCCC1=[C-]CC=C1.[CH3-].[CH3-].[Hf]. The Balaban J connectivity index is -0.000000270. The van der Waals surface area contributed by atoms with Crippen LogP contribution in [0, 0.1) is 20.9 Å². The van der Waals surface area contributed by atoms with E-state index in [1.807, 2.05) is 0 Å². The molecule has 0 amide bonds. The van der Waals surface area contributed by atoms with E-state index >= 15 is 0 Å². The summed E-state index contributed by atoms with van der Waals surface area (Å²) in [6.45, 7) is 2.22. The van der Waals surface area contributed by atoms with Crippen molar-refractivity contribution in [3.05, 3.63) is 38.7 Å². The van der Waals surface area contributed by atoms with E-state index in [1.54, 1.807) is 0 Å². The maximum Gasteiger partial charge on any atom is 0 e. The van der Waals surface area contributed by atoms with Crippen molar-refractivity contribution in [2.24, 2.45) is 0 Å². The molecule has 0 bridgehead atoms. The molecule has 0 aromatic heterocycles. The van der Waals surface area contributed by atoms with Crippen LogP contribution >= 0.6 is 0 Å². The van der Waals surface area contributed by atoms with Gasteiger partial charge in [-0.3, -0.25) is 6.08 Å². The monoisotopic (exact) mass is 331 g/mol. The van der Waals surface area contributed by atoms with Gasteiger partial charge in [-0.15, -0.1) is 6.42 Å². The van der Waals surface area contributed by atoms with Crippen molar-refractivity contribution in [3.8, 4) is 0 Å². The van der Waals surface area contributed by atoms with Crippen LogP contribution in [-0.4, -0.2) is 0 Å². The molecule has 0 unspecified atom stereocenters. The zero-order valence-electron chi connectivity index (χ0n) is 8.48. The normalized spacial score (nSPS) is 12.2. The fraction of sp³-hybridized carbons (Fsp3) is 0.455.